The van der Waals surface area contributed by atoms with E-state index < -0.39 is 0 Å². The first kappa shape index (κ1) is 26.5. The second-order valence-corrected chi connectivity index (χ2v) is 11.6. The van der Waals surface area contributed by atoms with Gasteiger partial charge in [-0.3, -0.25) is 9.59 Å². The SMILES string of the molecule is CN(C)c1ccc(NC(=O)CCC2CCCC2)cc1CN(C[C@H]1CCCO1)C(=O)CC(C)(C)C. The summed E-state index contributed by atoms with van der Waals surface area (Å²) in [6.07, 6.45) is 9.33. The van der Waals surface area contributed by atoms with Crippen LogP contribution in [0.5, 0.6) is 0 Å². The second kappa shape index (κ2) is 12.1. The number of amides is 2. The Hall–Kier alpha value is -2.08. The van der Waals surface area contributed by atoms with E-state index in [1.165, 1.54) is 25.7 Å². The maximum atomic E-state index is 13.3. The molecule has 2 fully saturated rings. The lowest BCUT2D eigenvalue weighted by Crippen LogP contribution is -2.38. The molecule has 1 atom stereocenters. The molecule has 0 bridgehead atoms. The monoisotopic (exact) mass is 471 g/mol. The number of benzene rings is 1. The van der Waals surface area contributed by atoms with Gasteiger partial charge in [0.2, 0.25) is 11.8 Å². The van der Waals surface area contributed by atoms with Crippen molar-refractivity contribution in [3.8, 4) is 0 Å². The Morgan fingerprint density at radius 3 is 2.44 bits per heavy atom. The van der Waals surface area contributed by atoms with Gasteiger partial charge in [-0.15, -0.1) is 0 Å². The van der Waals surface area contributed by atoms with Crippen molar-refractivity contribution in [1.82, 2.24) is 4.90 Å². The first-order valence-electron chi connectivity index (χ1n) is 13.1. The second-order valence-electron chi connectivity index (χ2n) is 11.6. The van der Waals surface area contributed by atoms with Crippen LogP contribution in [0.25, 0.3) is 0 Å². The van der Waals surface area contributed by atoms with Crippen LogP contribution in [0.4, 0.5) is 11.4 Å². The molecule has 0 unspecified atom stereocenters. The Morgan fingerprint density at radius 2 is 1.82 bits per heavy atom. The van der Waals surface area contributed by atoms with Gasteiger partial charge in [-0.1, -0.05) is 46.5 Å². The van der Waals surface area contributed by atoms with Crippen LogP contribution in [-0.4, -0.2) is 50.1 Å². The van der Waals surface area contributed by atoms with E-state index in [0.29, 0.717) is 31.8 Å². The smallest absolute Gasteiger partial charge is 0.224 e. The van der Waals surface area contributed by atoms with Crippen molar-refractivity contribution < 1.29 is 14.3 Å². The van der Waals surface area contributed by atoms with Gasteiger partial charge in [0.15, 0.2) is 0 Å². The summed E-state index contributed by atoms with van der Waals surface area (Å²) in [4.78, 5) is 29.9. The maximum Gasteiger partial charge on any atom is 0.224 e. The summed E-state index contributed by atoms with van der Waals surface area (Å²) < 4.78 is 5.86. The third-order valence-electron chi connectivity index (χ3n) is 6.94. The zero-order chi connectivity index (χ0) is 24.7. The molecular formula is C28H45N3O3. The molecule has 0 aromatic heterocycles. The van der Waals surface area contributed by atoms with Crippen molar-refractivity contribution in [2.24, 2.45) is 11.3 Å². The third-order valence-corrected chi connectivity index (χ3v) is 6.94. The predicted octanol–water partition coefficient (Wildman–Crippen LogP) is 5.61. The van der Waals surface area contributed by atoms with E-state index in [1.807, 2.05) is 37.2 Å². The first-order valence-corrected chi connectivity index (χ1v) is 13.1. The van der Waals surface area contributed by atoms with Crippen LogP contribution in [-0.2, 0) is 20.9 Å². The lowest BCUT2D eigenvalue weighted by atomic mass is 9.91. The Morgan fingerprint density at radius 1 is 1.09 bits per heavy atom. The fraction of sp³-hybridized carbons (Fsp3) is 0.714. The summed E-state index contributed by atoms with van der Waals surface area (Å²) >= 11 is 0. The van der Waals surface area contributed by atoms with Crippen LogP contribution in [0.15, 0.2) is 18.2 Å². The molecule has 1 saturated heterocycles. The fourth-order valence-electron chi connectivity index (χ4n) is 5.14. The Balaban J connectivity index is 1.73. The topological polar surface area (TPSA) is 61.9 Å². The molecule has 6 heteroatoms. The molecule has 6 nitrogen and oxygen atoms in total. The van der Waals surface area contributed by atoms with Crippen LogP contribution in [0, 0.1) is 11.3 Å². The predicted molar refractivity (Wildman–Crippen MR) is 139 cm³/mol. The van der Waals surface area contributed by atoms with Gasteiger partial charge in [0.1, 0.15) is 0 Å². The first-order chi connectivity index (χ1) is 16.1. The summed E-state index contributed by atoms with van der Waals surface area (Å²) in [6.45, 7) is 8.19. The molecule has 2 amide bonds. The average Bonchev–Trinajstić information content (AvgIpc) is 3.45. The summed E-state index contributed by atoms with van der Waals surface area (Å²) in [5.74, 6) is 0.937. The normalized spacial score (nSPS) is 18.8. The molecule has 1 aliphatic heterocycles. The van der Waals surface area contributed by atoms with Crippen molar-refractivity contribution in [2.45, 2.75) is 91.2 Å². The van der Waals surface area contributed by atoms with Gasteiger partial charge in [0.25, 0.3) is 0 Å². The number of hydrogen-bond donors (Lipinski definition) is 1. The number of hydrogen-bond acceptors (Lipinski definition) is 4. The van der Waals surface area contributed by atoms with Crippen molar-refractivity contribution in [2.75, 3.05) is 37.5 Å². The van der Waals surface area contributed by atoms with Gasteiger partial charge in [-0.25, -0.2) is 0 Å². The fourth-order valence-corrected chi connectivity index (χ4v) is 5.14. The summed E-state index contributed by atoms with van der Waals surface area (Å²) in [5.41, 5.74) is 2.83. The van der Waals surface area contributed by atoms with Crippen LogP contribution in [0.1, 0.15) is 84.1 Å². The van der Waals surface area contributed by atoms with E-state index in [0.717, 1.165) is 42.8 Å². The number of anilines is 2. The molecule has 34 heavy (non-hydrogen) atoms. The van der Waals surface area contributed by atoms with E-state index in [2.05, 4.69) is 31.0 Å². The van der Waals surface area contributed by atoms with Gasteiger partial charge in [-0.2, -0.15) is 0 Å². The van der Waals surface area contributed by atoms with Crippen molar-refractivity contribution >= 4 is 23.2 Å². The highest BCUT2D eigenvalue weighted by molar-refractivity contribution is 5.91. The van der Waals surface area contributed by atoms with Crippen LogP contribution >= 0.6 is 0 Å². The highest BCUT2D eigenvalue weighted by Gasteiger charge is 2.27. The van der Waals surface area contributed by atoms with E-state index in [1.54, 1.807) is 0 Å². The van der Waals surface area contributed by atoms with Gasteiger partial charge < -0.3 is 19.9 Å². The third kappa shape index (κ3) is 8.30. The van der Waals surface area contributed by atoms with Crippen LogP contribution in [0.2, 0.25) is 0 Å². The van der Waals surface area contributed by atoms with E-state index in [9.17, 15) is 9.59 Å². The Labute approximate surface area is 206 Å². The largest absolute Gasteiger partial charge is 0.377 e. The lowest BCUT2D eigenvalue weighted by Gasteiger charge is -2.30. The number of rotatable bonds is 10. The maximum absolute atomic E-state index is 13.3. The number of carbonyl (C=O) groups is 2. The summed E-state index contributed by atoms with van der Waals surface area (Å²) in [5, 5.41) is 3.10. The molecule has 1 heterocycles. The van der Waals surface area contributed by atoms with Gasteiger partial charge >= 0.3 is 0 Å². The molecule has 0 radical (unpaired) electrons. The van der Waals surface area contributed by atoms with Crippen LogP contribution < -0.4 is 10.2 Å². The molecular weight excluding hydrogens is 426 g/mol. The molecule has 1 saturated carbocycles. The summed E-state index contributed by atoms with van der Waals surface area (Å²) in [7, 11) is 4.03. The zero-order valence-electron chi connectivity index (χ0n) is 22.0. The molecule has 2 aliphatic rings. The molecule has 190 valence electrons. The quantitative estimate of drug-likeness (QED) is 0.482. The van der Waals surface area contributed by atoms with E-state index in [-0.39, 0.29) is 23.3 Å². The van der Waals surface area contributed by atoms with Gasteiger partial charge in [0.05, 0.1) is 6.10 Å². The average molecular weight is 472 g/mol. The van der Waals surface area contributed by atoms with Gasteiger partial charge in [-0.05, 0) is 54.4 Å². The van der Waals surface area contributed by atoms with Crippen LogP contribution in [0.3, 0.4) is 0 Å². The number of carbonyl (C=O) groups excluding carboxylic acids is 2. The summed E-state index contributed by atoms with van der Waals surface area (Å²) in [6, 6.07) is 6.05. The van der Waals surface area contributed by atoms with Crippen molar-refractivity contribution in [3.63, 3.8) is 0 Å². The highest BCUT2D eigenvalue weighted by atomic mass is 16.5. The zero-order valence-corrected chi connectivity index (χ0v) is 22.0. The molecule has 1 N–H and O–H groups in total. The molecule has 0 spiro atoms. The number of nitrogens with one attached hydrogen (secondary N) is 1. The van der Waals surface area contributed by atoms with Crippen molar-refractivity contribution in [1.29, 1.82) is 0 Å². The number of ether oxygens (including phenoxy) is 1. The number of nitrogens with zero attached hydrogens (tertiary/aromatic N) is 2. The standard InChI is InChI=1S/C28H45N3O3/c1-28(2,3)18-27(33)31(20-24-11-8-16-34-24)19-22-17-23(13-14-25(22)30(4)5)29-26(32)15-12-21-9-6-7-10-21/h13-14,17,21,24H,6-12,15-16,18-20H2,1-5H3,(H,29,32)/t24-/m1/s1. The Bertz CT molecular complexity index is 819. The lowest BCUT2D eigenvalue weighted by molar-refractivity contribution is -0.135. The minimum absolute atomic E-state index is 0.0780. The van der Waals surface area contributed by atoms with Gasteiger partial charge in [0, 0.05) is 58.0 Å². The highest BCUT2D eigenvalue weighted by Crippen LogP contribution is 2.30. The molecule has 3 rings (SSSR count). The van der Waals surface area contributed by atoms with E-state index in [4.69, 9.17) is 4.74 Å². The Kier molecular flexibility index (Phi) is 9.40. The van der Waals surface area contributed by atoms with E-state index >= 15 is 0 Å². The minimum atomic E-state index is -0.0780. The molecule has 1 aromatic carbocycles. The minimum Gasteiger partial charge on any atom is -0.377 e. The van der Waals surface area contributed by atoms with Crippen molar-refractivity contribution in [3.05, 3.63) is 23.8 Å². The molecule has 1 aromatic rings. The molecule has 1 aliphatic carbocycles.